The van der Waals surface area contributed by atoms with E-state index in [2.05, 4.69) is 13.6 Å². The van der Waals surface area contributed by atoms with Gasteiger partial charge in [-0.1, -0.05) is 32.6 Å². The summed E-state index contributed by atoms with van der Waals surface area (Å²) < 4.78 is 0. The Balaban J connectivity index is 0.00000162. The van der Waals surface area contributed by atoms with Crippen molar-refractivity contribution in [1.82, 2.24) is 0 Å². The van der Waals surface area contributed by atoms with Crippen LogP contribution in [0.5, 0.6) is 0 Å². The van der Waals surface area contributed by atoms with Crippen LogP contribution in [0.1, 0.15) is 71.1 Å². The molecule has 2 fully saturated rings. The Morgan fingerprint density at radius 1 is 0.833 bits per heavy atom. The lowest BCUT2D eigenvalue weighted by Gasteiger charge is -2.37. The highest BCUT2D eigenvalue weighted by atomic mass is 127. The van der Waals surface area contributed by atoms with Gasteiger partial charge in [-0.15, -0.1) is 32.6 Å². The van der Waals surface area contributed by atoms with Gasteiger partial charge in [-0.3, -0.25) is 0 Å². The average Bonchev–Trinajstić information content (AvgIpc) is 2.40. The van der Waals surface area contributed by atoms with Crippen molar-refractivity contribution in [2.75, 3.05) is 6.66 Å². The Labute approximate surface area is 133 Å². The van der Waals surface area contributed by atoms with Crippen LogP contribution in [0.4, 0.5) is 0 Å². The maximum atomic E-state index is 2.40. The molecule has 2 aliphatic carbocycles. The van der Waals surface area contributed by atoms with Gasteiger partial charge in [0.25, 0.3) is 0 Å². The number of hydrogen-bond acceptors (Lipinski definition) is 0. The molecule has 0 nitrogen and oxygen atoms in total. The lowest BCUT2D eigenvalue weighted by Crippen LogP contribution is -2.26. The molecule has 0 radical (unpaired) electrons. The molecule has 108 valence electrons. The largest absolute Gasteiger partial charge is 0.122 e. The summed E-state index contributed by atoms with van der Waals surface area (Å²) in [5.74, 6) is 3.32. The molecule has 0 spiro atoms. The molecule has 2 saturated carbocycles. The number of halogens is 1. The molecule has 0 heterocycles. The molecule has 2 rings (SSSR count). The van der Waals surface area contributed by atoms with E-state index >= 15 is 0 Å². The first-order chi connectivity index (χ1) is 8.33. The summed E-state index contributed by atoms with van der Waals surface area (Å²) in [6.45, 7) is 4.75. The van der Waals surface area contributed by atoms with Gasteiger partial charge >= 0.3 is 0 Å². The number of rotatable bonds is 4. The Morgan fingerprint density at radius 3 is 1.78 bits per heavy atom. The molecule has 0 bridgehead atoms. The van der Waals surface area contributed by atoms with E-state index in [1.54, 1.807) is 51.4 Å². The van der Waals surface area contributed by atoms with Gasteiger partial charge in [0.05, 0.1) is 0 Å². The molecule has 0 saturated heterocycles. The Kier molecular flexibility index (Phi) is 8.76. The molecular formula is C16H32IP. The zero-order valence-corrected chi connectivity index (χ0v) is 15.6. The average molecular weight is 382 g/mol. The van der Waals surface area contributed by atoms with E-state index in [0.29, 0.717) is 0 Å². The zero-order chi connectivity index (χ0) is 12.1. The molecule has 1 atom stereocenters. The van der Waals surface area contributed by atoms with Crippen LogP contribution in [0.2, 0.25) is 0 Å². The molecule has 0 aliphatic heterocycles. The molecule has 0 aromatic carbocycles. The van der Waals surface area contributed by atoms with Crippen molar-refractivity contribution in [1.29, 1.82) is 0 Å². The van der Waals surface area contributed by atoms with Crippen molar-refractivity contribution < 1.29 is 0 Å². The van der Waals surface area contributed by atoms with Gasteiger partial charge in [0.1, 0.15) is 0 Å². The van der Waals surface area contributed by atoms with Crippen LogP contribution < -0.4 is 0 Å². The first kappa shape index (κ1) is 17.2. The van der Waals surface area contributed by atoms with Gasteiger partial charge in [-0.05, 0) is 68.6 Å². The number of hydrogen-bond donors (Lipinski definition) is 0. The third-order valence-corrected chi connectivity index (χ3v) is 6.83. The second-order valence-electron chi connectivity index (χ2n) is 6.47. The van der Waals surface area contributed by atoms with Crippen molar-refractivity contribution in [2.24, 2.45) is 17.8 Å². The van der Waals surface area contributed by atoms with Gasteiger partial charge in [0.15, 0.2) is 0 Å². The second kappa shape index (κ2) is 9.16. The summed E-state index contributed by atoms with van der Waals surface area (Å²) in [7, 11) is 1.20. The monoisotopic (exact) mass is 382 g/mol. The molecule has 0 amide bonds. The fourth-order valence-electron chi connectivity index (χ4n) is 4.24. The summed E-state index contributed by atoms with van der Waals surface area (Å²) in [6.07, 6.45) is 15.4. The van der Waals surface area contributed by atoms with Gasteiger partial charge < -0.3 is 0 Å². The second-order valence-corrected chi connectivity index (χ2v) is 7.86. The Hall–Kier alpha value is 1.16. The van der Waals surface area contributed by atoms with Gasteiger partial charge in [-0.25, -0.2) is 0 Å². The van der Waals surface area contributed by atoms with Crippen LogP contribution in [-0.4, -0.2) is 12.3 Å². The predicted molar refractivity (Wildman–Crippen MR) is 95.8 cm³/mol. The summed E-state index contributed by atoms with van der Waals surface area (Å²) in [5, 5.41) is 0. The highest BCUT2D eigenvalue weighted by Gasteiger charge is 2.30. The zero-order valence-electron chi connectivity index (χ0n) is 12.3. The third-order valence-electron chi connectivity index (χ3n) is 5.44. The minimum atomic E-state index is 0. The van der Waals surface area contributed by atoms with E-state index in [0.717, 1.165) is 23.4 Å². The van der Waals surface area contributed by atoms with Crippen LogP contribution in [0.25, 0.3) is 0 Å². The van der Waals surface area contributed by atoms with Crippen molar-refractivity contribution in [3.8, 4) is 0 Å². The van der Waals surface area contributed by atoms with E-state index in [4.69, 9.17) is 0 Å². The minimum absolute atomic E-state index is 0. The normalized spacial score (nSPS) is 37.7. The first-order valence-corrected chi connectivity index (χ1v) is 9.58. The van der Waals surface area contributed by atoms with Crippen LogP contribution in [0.3, 0.4) is 0 Å². The maximum absolute atomic E-state index is 2.40. The highest BCUT2D eigenvalue weighted by Crippen LogP contribution is 2.43. The van der Waals surface area contributed by atoms with E-state index in [-0.39, 0.29) is 24.0 Å². The summed E-state index contributed by atoms with van der Waals surface area (Å²) in [5.41, 5.74) is 1.10. The SMILES string of the molecule is CCC[C@H]1CC[C@H]([C@H]2CC[C@H](PC)CC2)CC1.I. The molecule has 2 heteroatoms. The molecule has 0 aromatic rings. The van der Waals surface area contributed by atoms with E-state index in [1.165, 1.54) is 21.4 Å². The van der Waals surface area contributed by atoms with Crippen LogP contribution >= 0.6 is 32.6 Å². The smallest absolute Gasteiger partial charge is 0.0239 e. The molecule has 0 N–H and O–H groups in total. The molecular weight excluding hydrogens is 350 g/mol. The van der Waals surface area contributed by atoms with Crippen LogP contribution in [0, 0.1) is 17.8 Å². The molecule has 0 aromatic heterocycles. The lowest BCUT2D eigenvalue weighted by atomic mass is 9.70. The van der Waals surface area contributed by atoms with Gasteiger partial charge in [-0.2, -0.15) is 0 Å². The summed E-state index contributed by atoms with van der Waals surface area (Å²) in [6, 6.07) is 0. The quantitative estimate of drug-likeness (QED) is 0.408. The predicted octanol–water partition coefficient (Wildman–Crippen LogP) is 6.08. The third kappa shape index (κ3) is 4.93. The van der Waals surface area contributed by atoms with Crippen molar-refractivity contribution >= 4 is 32.6 Å². The highest BCUT2D eigenvalue weighted by molar-refractivity contribution is 14.0. The fourth-order valence-corrected chi connectivity index (χ4v) is 5.15. The van der Waals surface area contributed by atoms with Crippen molar-refractivity contribution in [3.63, 3.8) is 0 Å². The fraction of sp³-hybridized carbons (Fsp3) is 1.00. The van der Waals surface area contributed by atoms with Crippen LogP contribution in [0.15, 0.2) is 0 Å². The summed E-state index contributed by atoms with van der Waals surface area (Å²) >= 11 is 0. The van der Waals surface area contributed by atoms with E-state index < -0.39 is 0 Å². The minimum Gasteiger partial charge on any atom is -0.122 e. The lowest BCUT2D eigenvalue weighted by molar-refractivity contribution is 0.164. The standard InChI is InChI=1S/C16H31P.HI/c1-3-4-13-5-7-14(8-6-13)15-9-11-16(17-2)12-10-15;/h13-17H,3-12H2,1-2H3;1H/t13-,14-,15-,16-;. The van der Waals surface area contributed by atoms with Crippen molar-refractivity contribution in [3.05, 3.63) is 0 Å². The Morgan fingerprint density at radius 2 is 1.33 bits per heavy atom. The first-order valence-electron chi connectivity index (χ1n) is 8.00. The van der Waals surface area contributed by atoms with Crippen LogP contribution in [-0.2, 0) is 0 Å². The van der Waals surface area contributed by atoms with Crippen molar-refractivity contribution in [2.45, 2.75) is 76.8 Å². The summed E-state index contributed by atoms with van der Waals surface area (Å²) in [4.78, 5) is 0. The van der Waals surface area contributed by atoms with Gasteiger partial charge in [0.2, 0.25) is 0 Å². The molecule has 1 unspecified atom stereocenters. The molecule has 2 aliphatic rings. The topological polar surface area (TPSA) is 0 Å². The molecule has 18 heavy (non-hydrogen) atoms. The van der Waals surface area contributed by atoms with E-state index in [9.17, 15) is 0 Å². The maximum Gasteiger partial charge on any atom is -0.0239 e. The Bertz CT molecular complexity index is 203. The van der Waals surface area contributed by atoms with E-state index in [1.807, 2.05) is 0 Å². The van der Waals surface area contributed by atoms with Gasteiger partial charge in [0, 0.05) is 0 Å².